The van der Waals surface area contributed by atoms with E-state index in [1.165, 1.54) is 34.4 Å². The second-order valence-electron chi connectivity index (χ2n) is 6.99. The summed E-state index contributed by atoms with van der Waals surface area (Å²) in [6.07, 6.45) is 6.89. The highest BCUT2D eigenvalue weighted by Crippen LogP contribution is 2.42. The molecule has 0 N–H and O–H groups in total. The number of hydrogen-bond donors (Lipinski definition) is 0. The zero-order chi connectivity index (χ0) is 16.0. The van der Waals surface area contributed by atoms with Crippen LogP contribution in [0.1, 0.15) is 43.6 Å². The number of fused-ring (bicyclic) bond motifs is 3. The van der Waals surface area contributed by atoms with E-state index < -0.39 is 0 Å². The van der Waals surface area contributed by atoms with Gasteiger partial charge < -0.3 is 9.64 Å². The Bertz CT molecular complexity index is 735. The summed E-state index contributed by atoms with van der Waals surface area (Å²) in [6.45, 7) is 7.25. The van der Waals surface area contributed by atoms with Gasteiger partial charge in [0.05, 0.1) is 22.4 Å². The number of ether oxygens (including phenoxy) is 1. The summed E-state index contributed by atoms with van der Waals surface area (Å²) < 4.78 is 7.30. The third-order valence-corrected chi connectivity index (χ3v) is 6.47. The number of piperidine rings is 1. The summed E-state index contributed by atoms with van der Waals surface area (Å²) in [5, 5.41) is 0.878. The first-order valence-corrected chi connectivity index (χ1v) is 10.4. The highest BCUT2D eigenvalue weighted by atomic mass is 32.2. The molecule has 2 aliphatic rings. The van der Waals surface area contributed by atoms with E-state index in [0.29, 0.717) is 6.61 Å². The molecule has 0 atom stereocenters. The third kappa shape index (κ3) is 2.85. The lowest BCUT2D eigenvalue weighted by atomic mass is 9.98. The van der Waals surface area contributed by atoms with Crippen molar-refractivity contribution in [1.82, 2.24) is 9.97 Å². The molecule has 0 spiro atoms. The Kier molecular flexibility index (Phi) is 4.02. The molecule has 2 aromatic rings. The molecule has 0 aromatic carbocycles. The van der Waals surface area contributed by atoms with Crippen LogP contribution in [0.25, 0.3) is 10.2 Å². The van der Waals surface area contributed by atoms with Crippen molar-refractivity contribution in [3.8, 4) is 0 Å². The van der Waals surface area contributed by atoms with Gasteiger partial charge in [-0.2, -0.15) is 0 Å². The number of rotatable bonds is 2. The van der Waals surface area contributed by atoms with Crippen LogP contribution in [0.3, 0.4) is 0 Å². The molecule has 1 saturated heterocycles. The number of anilines is 1. The molecule has 4 heterocycles. The predicted molar refractivity (Wildman–Crippen MR) is 97.8 cm³/mol. The van der Waals surface area contributed by atoms with Gasteiger partial charge in [-0.25, -0.2) is 9.97 Å². The second-order valence-corrected chi connectivity index (χ2v) is 8.87. The van der Waals surface area contributed by atoms with Crippen molar-refractivity contribution in [2.24, 2.45) is 0 Å². The summed E-state index contributed by atoms with van der Waals surface area (Å²) in [7, 11) is 0. The van der Waals surface area contributed by atoms with Crippen LogP contribution >= 0.6 is 23.1 Å². The molecule has 2 aliphatic heterocycles. The normalized spacial score (nSPS) is 20.7. The molecule has 6 heteroatoms. The van der Waals surface area contributed by atoms with Gasteiger partial charge in [0.1, 0.15) is 0 Å². The van der Waals surface area contributed by atoms with Crippen molar-refractivity contribution in [2.45, 2.75) is 56.9 Å². The van der Waals surface area contributed by atoms with E-state index in [2.05, 4.69) is 25.0 Å². The van der Waals surface area contributed by atoms with E-state index in [9.17, 15) is 0 Å². The minimum Gasteiger partial charge on any atom is -0.370 e. The monoisotopic (exact) mass is 349 g/mol. The molecule has 0 saturated carbocycles. The molecule has 4 rings (SSSR count). The fraction of sp³-hybridized carbons (Fsp3) is 0.647. The van der Waals surface area contributed by atoms with Crippen molar-refractivity contribution in [1.29, 1.82) is 0 Å². The van der Waals surface area contributed by atoms with Gasteiger partial charge in [0, 0.05) is 30.0 Å². The van der Waals surface area contributed by atoms with E-state index >= 15 is 0 Å². The molecule has 0 aliphatic carbocycles. The molecule has 0 unspecified atom stereocenters. The van der Waals surface area contributed by atoms with Gasteiger partial charge in [-0.3, -0.25) is 0 Å². The van der Waals surface area contributed by atoms with Gasteiger partial charge in [0.25, 0.3) is 0 Å². The Morgan fingerprint density at radius 1 is 1.17 bits per heavy atom. The fourth-order valence-corrected chi connectivity index (χ4v) is 5.28. The van der Waals surface area contributed by atoms with Gasteiger partial charge in [-0.15, -0.1) is 11.3 Å². The maximum atomic E-state index is 6.04. The lowest BCUT2D eigenvalue weighted by Crippen LogP contribution is -2.31. The van der Waals surface area contributed by atoms with Gasteiger partial charge >= 0.3 is 0 Å². The van der Waals surface area contributed by atoms with Crippen LogP contribution in [-0.2, 0) is 17.8 Å². The third-order valence-electron chi connectivity index (χ3n) is 4.71. The van der Waals surface area contributed by atoms with Crippen LogP contribution in [0.4, 0.5) is 5.82 Å². The van der Waals surface area contributed by atoms with Crippen molar-refractivity contribution >= 4 is 39.1 Å². The Labute approximate surface area is 145 Å². The summed E-state index contributed by atoms with van der Waals surface area (Å²) in [5.41, 5.74) is 2.34. The number of thioether (sulfide) groups is 1. The zero-order valence-corrected chi connectivity index (χ0v) is 15.6. The highest BCUT2D eigenvalue weighted by Gasteiger charge is 2.31. The lowest BCUT2D eigenvalue weighted by Gasteiger charge is -2.29. The Balaban J connectivity index is 1.87. The quantitative estimate of drug-likeness (QED) is 0.598. The van der Waals surface area contributed by atoms with Crippen LogP contribution in [0.15, 0.2) is 5.16 Å². The smallest absolute Gasteiger partial charge is 0.189 e. The van der Waals surface area contributed by atoms with Crippen molar-refractivity contribution in [2.75, 3.05) is 24.2 Å². The van der Waals surface area contributed by atoms with Gasteiger partial charge in [0.2, 0.25) is 0 Å². The van der Waals surface area contributed by atoms with Crippen molar-refractivity contribution in [3.63, 3.8) is 0 Å². The lowest BCUT2D eigenvalue weighted by molar-refractivity contribution is -0.0383. The largest absolute Gasteiger partial charge is 0.370 e. The average Bonchev–Trinajstić information content (AvgIpc) is 2.90. The van der Waals surface area contributed by atoms with Crippen LogP contribution < -0.4 is 4.90 Å². The molecule has 0 amide bonds. The molecule has 4 nitrogen and oxygen atoms in total. The van der Waals surface area contributed by atoms with E-state index in [1.807, 2.05) is 11.3 Å². The summed E-state index contributed by atoms with van der Waals surface area (Å²) in [4.78, 5) is 13.6. The molecule has 0 radical (unpaired) electrons. The maximum absolute atomic E-state index is 6.04. The predicted octanol–water partition coefficient (Wildman–Crippen LogP) is 4.25. The van der Waals surface area contributed by atoms with Gasteiger partial charge in [0.15, 0.2) is 11.0 Å². The van der Waals surface area contributed by atoms with E-state index in [4.69, 9.17) is 14.7 Å². The molecule has 23 heavy (non-hydrogen) atoms. The standard InChI is InChI=1S/C17H23N3OS2/c1-17(2)9-12-11(10-21-17)13-14(23-12)15(19-16(18-13)22-3)20-7-5-4-6-8-20/h4-10H2,1-3H3. The SMILES string of the molecule is CSc1nc(N2CCCCC2)c2sc3c(c2n1)COC(C)(C)C3. The molecule has 1 fully saturated rings. The van der Waals surface area contributed by atoms with E-state index in [1.54, 1.807) is 11.8 Å². The molecular weight excluding hydrogens is 326 g/mol. The van der Waals surface area contributed by atoms with Crippen LogP contribution in [-0.4, -0.2) is 34.9 Å². The number of nitrogens with zero attached hydrogens (tertiary/aromatic N) is 3. The summed E-state index contributed by atoms with van der Waals surface area (Å²) in [6, 6.07) is 0. The number of aromatic nitrogens is 2. The molecule has 0 bridgehead atoms. The van der Waals surface area contributed by atoms with Crippen molar-refractivity contribution < 1.29 is 4.74 Å². The summed E-state index contributed by atoms with van der Waals surface area (Å²) >= 11 is 3.52. The van der Waals surface area contributed by atoms with Crippen molar-refractivity contribution in [3.05, 3.63) is 10.4 Å². The van der Waals surface area contributed by atoms with Gasteiger partial charge in [-0.05, 0) is 39.4 Å². The minimum absolute atomic E-state index is 0.0745. The topological polar surface area (TPSA) is 38.2 Å². The van der Waals surface area contributed by atoms with Crippen LogP contribution in [0, 0.1) is 0 Å². The first kappa shape index (κ1) is 15.7. The fourth-order valence-electron chi connectivity index (χ4n) is 3.44. The molecular formula is C17H23N3OS2. The summed E-state index contributed by atoms with van der Waals surface area (Å²) in [5.74, 6) is 1.15. The van der Waals surface area contributed by atoms with Crippen LogP contribution in [0.5, 0.6) is 0 Å². The van der Waals surface area contributed by atoms with Gasteiger partial charge in [-0.1, -0.05) is 11.8 Å². The minimum atomic E-state index is -0.0745. The highest BCUT2D eigenvalue weighted by molar-refractivity contribution is 7.98. The maximum Gasteiger partial charge on any atom is 0.189 e. The zero-order valence-electron chi connectivity index (χ0n) is 14.0. The average molecular weight is 350 g/mol. The number of thiophene rings is 1. The number of hydrogen-bond acceptors (Lipinski definition) is 6. The second kappa shape index (κ2) is 5.90. The Morgan fingerprint density at radius 3 is 2.70 bits per heavy atom. The van der Waals surface area contributed by atoms with E-state index in [-0.39, 0.29) is 5.60 Å². The van der Waals surface area contributed by atoms with Crippen LogP contribution in [0.2, 0.25) is 0 Å². The Hall–Kier alpha value is -0.850. The first-order chi connectivity index (χ1) is 11.1. The Morgan fingerprint density at radius 2 is 1.96 bits per heavy atom. The molecule has 124 valence electrons. The molecule has 2 aromatic heterocycles. The first-order valence-electron chi connectivity index (χ1n) is 8.32. The van der Waals surface area contributed by atoms with E-state index in [0.717, 1.165) is 36.0 Å².